The van der Waals surface area contributed by atoms with Crippen LogP contribution >= 0.6 is 0 Å². The predicted octanol–water partition coefficient (Wildman–Crippen LogP) is 3.46. The number of hydrogen-bond donors (Lipinski definition) is 0. The van der Waals surface area contributed by atoms with Gasteiger partial charge in [0, 0.05) is 37.8 Å². The van der Waals surface area contributed by atoms with Crippen molar-refractivity contribution in [2.75, 3.05) is 51.4 Å². The molecule has 2 heterocycles. The van der Waals surface area contributed by atoms with Crippen molar-refractivity contribution < 1.29 is 22.6 Å². The molecule has 0 aliphatic carbocycles. The molecule has 35 heavy (non-hydrogen) atoms. The summed E-state index contributed by atoms with van der Waals surface area (Å²) >= 11 is 0. The summed E-state index contributed by atoms with van der Waals surface area (Å²) in [6.07, 6.45) is 0. The summed E-state index contributed by atoms with van der Waals surface area (Å²) in [5, 5.41) is 8.73. The van der Waals surface area contributed by atoms with Gasteiger partial charge in [0.2, 0.25) is 10.0 Å². The first-order valence-electron chi connectivity index (χ1n) is 11.6. The quantitative estimate of drug-likeness (QED) is 0.443. The third kappa shape index (κ3) is 5.49. The van der Waals surface area contributed by atoms with E-state index in [2.05, 4.69) is 10.2 Å². The Bertz CT molecular complexity index is 1230. The Morgan fingerprint density at radius 1 is 0.829 bits per heavy atom. The molecule has 0 atom stereocenters. The van der Waals surface area contributed by atoms with Crippen LogP contribution < -0.4 is 19.1 Å². The number of methoxy groups -OCH3 is 1. The third-order valence-corrected chi connectivity index (χ3v) is 7.68. The molecule has 4 rings (SSSR count). The van der Waals surface area contributed by atoms with E-state index in [4.69, 9.17) is 14.2 Å². The highest BCUT2D eigenvalue weighted by atomic mass is 32.2. The van der Waals surface area contributed by atoms with Crippen LogP contribution in [-0.4, -0.2) is 69.4 Å². The van der Waals surface area contributed by atoms with Crippen molar-refractivity contribution in [3.63, 3.8) is 0 Å². The van der Waals surface area contributed by atoms with Gasteiger partial charge in [0.25, 0.3) is 0 Å². The molecule has 0 unspecified atom stereocenters. The van der Waals surface area contributed by atoms with Gasteiger partial charge in [-0.2, -0.15) is 4.31 Å². The number of rotatable bonds is 9. The van der Waals surface area contributed by atoms with E-state index in [-0.39, 0.29) is 4.90 Å². The molecule has 0 bridgehead atoms. The number of hydrogen-bond acceptors (Lipinski definition) is 8. The van der Waals surface area contributed by atoms with Crippen LogP contribution in [0, 0.1) is 0 Å². The number of nitrogens with zero attached hydrogens (tertiary/aromatic N) is 4. The lowest BCUT2D eigenvalue weighted by molar-refractivity contribution is 0.314. The van der Waals surface area contributed by atoms with Gasteiger partial charge in [-0.15, -0.1) is 10.2 Å². The van der Waals surface area contributed by atoms with Gasteiger partial charge < -0.3 is 19.1 Å². The van der Waals surface area contributed by atoms with Crippen LogP contribution in [0.15, 0.2) is 59.5 Å². The van der Waals surface area contributed by atoms with Crippen LogP contribution in [0.4, 0.5) is 5.82 Å². The molecule has 0 amide bonds. The van der Waals surface area contributed by atoms with Gasteiger partial charge >= 0.3 is 0 Å². The zero-order chi connectivity index (χ0) is 24.8. The average molecular weight is 499 g/mol. The minimum atomic E-state index is -3.72. The highest BCUT2D eigenvalue weighted by Crippen LogP contribution is 2.32. The summed E-state index contributed by atoms with van der Waals surface area (Å²) in [6.45, 7) is 6.24. The van der Waals surface area contributed by atoms with E-state index in [1.165, 1.54) is 4.31 Å². The monoisotopic (exact) mass is 498 g/mol. The zero-order valence-electron chi connectivity index (χ0n) is 20.2. The first-order valence-corrected chi connectivity index (χ1v) is 13.0. The molecule has 1 saturated heterocycles. The maximum Gasteiger partial charge on any atom is 0.246 e. The average Bonchev–Trinajstić information content (AvgIpc) is 2.89. The fourth-order valence-electron chi connectivity index (χ4n) is 3.93. The number of anilines is 1. The van der Waals surface area contributed by atoms with Gasteiger partial charge in [0.1, 0.15) is 22.1 Å². The molecule has 1 aliphatic heterocycles. The SMILES string of the molecule is CCOc1ccc(S(=O)(=O)N2CCN(c3ccc(-c4ccc(OC)cc4)nn3)CC2)c(OCC)c1. The highest BCUT2D eigenvalue weighted by molar-refractivity contribution is 7.89. The first-order chi connectivity index (χ1) is 17.0. The summed E-state index contributed by atoms with van der Waals surface area (Å²) in [4.78, 5) is 2.19. The molecule has 186 valence electrons. The van der Waals surface area contributed by atoms with Gasteiger partial charge in [0.15, 0.2) is 5.82 Å². The first kappa shape index (κ1) is 24.7. The topological polar surface area (TPSA) is 94.1 Å². The number of ether oxygens (including phenoxy) is 3. The zero-order valence-corrected chi connectivity index (χ0v) is 21.0. The van der Waals surface area contributed by atoms with Crippen molar-refractivity contribution in [3.05, 3.63) is 54.6 Å². The lowest BCUT2D eigenvalue weighted by Gasteiger charge is -2.34. The second kappa shape index (κ2) is 10.9. The van der Waals surface area contributed by atoms with Gasteiger partial charge in [-0.3, -0.25) is 0 Å². The van der Waals surface area contributed by atoms with Crippen molar-refractivity contribution in [2.24, 2.45) is 0 Å². The maximum atomic E-state index is 13.4. The molecule has 1 aromatic heterocycles. The summed E-state index contributed by atoms with van der Waals surface area (Å²) in [5.41, 5.74) is 1.71. The predicted molar refractivity (Wildman–Crippen MR) is 134 cm³/mol. The minimum Gasteiger partial charge on any atom is -0.497 e. The molecular weight excluding hydrogens is 468 g/mol. The molecule has 2 aromatic carbocycles. The van der Waals surface area contributed by atoms with E-state index < -0.39 is 10.0 Å². The second-order valence-corrected chi connectivity index (χ2v) is 9.78. The molecule has 1 aliphatic rings. The van der Waals surface area contributed by atoms with Crippen molar-refractivity contribution >= 4 is 15.8 Å². The number of benzene rings is 2. The third-order valence-electron chi connectivity index (χ3n) is 5.74. The fraction of sp³-hybridized carbons (Fsp3) is 0.360. The summed E-state index contributed by atoms with van der Waals surface area (Å²) in [6, 6.07) is 16.3. The van der Waals surface area contributed by atoms with Crippen molar-refractivity contribution in [1.29, 1.82) is 0 Å². The van der Waals surface area contributed by atoms with Crippen molar-refractivity contribution in [3.8, 4) is 28.5 Å². The van der Waals surface area contributed by atoms with E-state index >= 15 is 0 Å². The largest absolute Gasteiger partial charge is 0.497 e. The number of piperazine rings is 1. The van der Waals surface area contributed by atoms with Crippen molar-refractivity contribution in [1.82, 2.24) is 14.5 Å². The standard InChI is InChI=1S/C25H30N4O5S/c1-4-33-21-10-12-24(23(18-21)34-5-2)35(30,31)29-16-14-28(15-17-29)25-13-11-22(26-27-25)19-6-8-20(32-3)9-7-19/h6-13,18H,4-5,14-17H2,1-3H3. The van der Waals surface area contributed by atoms with Gasteiger partial charge in [0.05, 0.1) is 26.0 Å². The van der Waals surface area contributed by atoms with E-state index in [0.29, 0.717) is 50.9 Å². The minimum absolute atomic E-state index is 0.153. The summed E-state index contributed by atoms with van der Waals surface area (Å²) in [7, 11) is -2.09. The fourth-order valence-corrected chi connectivity index (χ4v) is 5.47. The van der Waals surface area contributed by atoms with E-state index in [9.17, 15) is 8.42 Å². The van der Waals surface area contributed by atoms with Crippen LogP contribution in [0.1, 0.15) is 13.8 Å². The Morgan fingerprint density at radius 2 is 1.51 bits per heavy atom. The highest BCUT2D eigenvalue weighted by Gasteiger charge is 2.31. The lowest BCUT2D eigenvalue weighted by Crippen LogP contribution is -2.49. The van der Waals surface area contributed by atoms with Gasteiger partial charge in [-0.05, 0) is 62.4 Å². The number of sulfonamides is 1. The molecular formula is C25H30N4O5S. The molecule has 0 radical (unpaired) electrons. The molecule has 1 fully saturated rings. The molecule has 0 spiro atoms. The van der Waals surface area contributed by atoms with Crippen LogP contribution in [0.2, 0.25) is 0 Å². The van der Waals surface area contributed by atoms with Crippen LogP contribution in [0.5, 0.6) is 17.2 Å². The Hall–Kier alpha value is -3.37. The lowest BCUT2D eigenvalue weighted by atomic mass is 10.1. The van der Waals surface area contributed by atoms with E-state index in [1.54, 1.807) is 25.3 Å². The Kier molecular flexibility index (Phi) is 7.72. The normalized spacial score (nSPS) is 14.5. The number of aromatic nitrogens is 2. The van der Waals surface area contributed by atoms with Gasteiger partial charge in [-0.1, -0.05) is 0 Å². The molecule has 3 aromatic rings. The Morgan fingerprint density at radius 3 is 2.11 bits per heavy atom. The summed E-state index contributed by atoms with van der Waals surface area (Å²) in [5.74, 6) is 2.39. The van der Waals surface area contributed by atoms with Gasteiger partial charge in [-0.25, -0.2) is 8.42 Å². The molecule has 9 nitrogen and oxygen atoms in total. The van der Waals surface area contributed by atoms with Crippen LogP contribution in [0.3, 0.4) is 0 Å². The molecule has 10 heteroatoms. The molecule has 0 saturated carbocycles. The summed E-state index contributed by atoms with van der Waals surface area (Å²) < 4.78 is 44.6. The Labute approximate surface area is 206 Å². The molecule has 0 N–H and O–H groups in total. The second-order valence-electron chi connectivity index (χ2n) is 7.87. The Balaban J connectivity index is 1.44. The van der Waals surface area contributed by atoms with E-state index in [0.717, 1.165) is 22.8 Å². The smallest absolute Gasteiger partial charge is 0.246 e. The van der Waals surface area contributed by atoms with Crippen LogP contribution in [0.25, 0.3) is 11.3 Å². The van der Waals surface area contributed by atoms with E-state index in [1.807, 2.05) is 55.1 Å². The maximum absolute atomic E-state index is 13.4. The van der Waals surface area contributed by atoms with Crippen LogP contribution in [-0.2, 0) is 10.0 Å². The van der Waals surface area contributed by atoms with Crippen molar-refractivity contribution in [2.45, 2.75) is 18.7 Å².